The molecular weight excluding hydrogens is 264 g/mol. The van der Waals surface area contributed by atoms with E-state index in [1.54, 1.807) is 12.1 Å². The molecule has 1 aromatic rings. The normalized spacial score (nSPS) is 11.1. The summed E-state index contributed by atoms with van der Waals surface area (Å²) in [6.45, 7) is 6.00. The molecule has 0 aliphatic rings. The van der Waals surface area contributed by atoms with Gasteiger partial charge in [-0.1, -0.05) is 48.7 Å². The molecule has 0 aliphatic heterocycles. The third-order valence-corrected chi connectivity index (χ3v) is 3.54. The van der Waals surface area contributed by atoms with Gasteiger partial charge in [0, 0.05) is 17.1 Å². The highest BCUT2D eigenvalue weighted by Crippen LogP contribution is 2.31. The lowest BCUT2D eigenvalue weighted by molar-refractivity contribution is 0.537. The van der Waals surface area contributed by atoms with E-state index in [0.717, 1.165) is 18.5 Å². The summed E-state index contributed by atoms with van der Waals surface area (Å²) in [7, 11) is 0. The van der Waals surface area contributed by atoms with Crippen LogP contribution in [0.3, 0.4) is 0 Å². The molecule has 0 spiro atoms. The molecule has 4 heteroatoms. The number of hydrogen-bond donors (Lipinski definition) is 1. The molecule has 0 saturated heterocycles. The van der Waals surface area contributed by atoms with Gasteiger partial charge in [0.2, 0.25) is 0 Å². The summed E-state index contributed by atoms with van der Waals surface area (Å²) in [4.78, 5) is 0. The van der Waals surface area contributed by atoms with E-state index in [0.29, 0.717) is 27.5 Å². The maximum Gasteiger partial charge on any atom is 0.0652 e. The monoisotopic (exact) mass is 279 g/mol. The van der Waals surface area contributed by atoms with Crippen LogP contribution >= 0.6 is 34.8 Å². The number of nitrogens with one attached hydrogen (secondary N) is 1. The third-order valence-electron chi connectivity index (χ3n) is 2.34. The van der Waals surface area contributed by atoms with Crippen molar-refractivity contribution in [1.82, 2.24) is 5.32 Å². The molecule has 0 radical (unpaired) electrons. The summed E-state index contributed by atoms with van der Waals surface area (Å²) in [6.07, 6.45) is 1.13. The van der Waals surface area contributed by atoms with E-state index < -0.39 is 0 Å². The average Bonchev–Trinajstić information content (AvgIpc) is 2.22. The molecule has 0 fully saturated rings. The zero-order chi connectivity index (χ0) is 12.1. The van der Waals surface area contributed by atoms with Gasteiger partial charge >= 0.3 is 0 Å². The van der Waals surface area contributed by atoms with Gasteiger partial charge in [-0.25, -0.2) is 0 Å². The van der Waals surface area contributed by atoms with Crippen molar-refractivity contribution in [2.45, 2.75) is 26.8 Å². The van der Waals surface area contributed by atoms with Crippen LogP contribution in [0.2, 0.25) is 15.1 Å². The van der Waals surface area contributed by atoms with E-state index in [1.807, 2.05) is 0 Å². The zero-order valence-corrected chi connectivity index (χ0v) is 11.8. The van der Waals surface area contributed by atoms with Crippen LogP contribution in [0.5, 0.6) is 0 Å². The highest BCUT2D eigenvalue weighted by molar-refractivity contribution is 6.44. The Bertz CT molecular complexity index is 350. The topological polar surface area (TPSA) is 12.0 Å². The molecule has 1 rings (SSSR count). The van der Waals surface area contributed by atoms with Gasteiger partial charge in [0.1, 0.15) is 0 Å². The van der Waals surface area contributed by atoms with Crippen molar-refractivity contribution in [2.24, 2.45) is 5.92 Å². The van der Waals surface area contributed by atoms with Crippen molar-refractivity contribution in [2.75, 3.05) is 6.54 Å². The van der Waals surface area contributed by atoms with Crippen molar-refractivity contribution in [3.8, 4) is 0 Å². The third kappa shape index (κ3) is 4.14. The van der Waals surface area contributed by atoms with Gasteiger partial charge in [-0.15, -0.1) is 0 Å². The van der Waals surface area contributed by atoms with Crippen molar-refractivity contribution >= 4 is 34.8 Å². The Morgan fingerprint density at radius 2 is 1.75 bits per heavy atom. The second-order valence-electron chi connectivity index (χ2n) is 4.18. The number of halogens is 3. The maximum absolute atomic E-state index is 6.08. The molecule has 16 heavy (non-hydrogen) atoms. The van der Waals surface area contributed by atoms with E-state index in [4.69, 9.17) is 34.8 Å². The van der Waals surface area contributed by atoms with Gasteiger partial charge < -0.3 is 5.32 Å². The fourth-order valence-corrected chi connectivity index (χ4v) is 2.02. The van der Waals surface area contributed by atoms with Gasteiger partial charge in [-0.05, 0) is 31.0 Å². The van der Waals surface area contributed by atoms with Crippen LogP contribution in [0.25, 0.3) is 0 Å². The fraction of sp³-hybridized carbons (Fsp3) is 0.500. The number of rotatable bonds is 5. The van der Waals surface area contributed by atoms with Gasteiger partial charge in [0.15, 0.2) is 0 Å². The van der Waals surface area contributed by atoms with Crippen LogP contribution in [-0.4, -0.2) is 6.54 Å². The standard InChI is InChI=1S/C12H16Cl3N/c1-8(2)5-6-16-7-9-10(13)3-4-11(14)12(9)15/h3-4,8,16H,5-7H2,1-2H3. The predicted octanol–water partition coefficient (Wildman–Crippen LogP) is 4.78. The van der Waals surface area contributed by atoms with Crippen LogP contribution in [0.15, 0.2) is 12.1 Å². The van der Waals surface area contributed by atoms with E-state index in [2.05, 4.69) is 19.2 Å². The molecule has 1 aromatic carbocycles. The molecule has 90 valence electrons. The molecule has 0 aromatic heterocycles. The highest BCUT2D eigenvalue weighted by Gasteiger charge is 2.08. The van der Waals surface area contributed by atoms with Crippen molar-refractivity contribution in [1.29, 1.82) is 0 Å². The molecule has 0 bridgehead atoms. The summed E-state index contributed by atoms with van der Waals surface area (Å²) >= 11 is 18.1. The molecule has 1 N–H and O–H groups in total. The fourth-order valence-electron chi connectivity index (χ4n) is 1.34. The smallest absolute Gasteiger partial charge is 0.0652 e. The number of benzene rings is 1. The van der Waals surface area contributed by atoms with E-state index >= 15 is 0 Å². The zero-order valence-electron chi connectivity index (χ0n) is 9.49. The molecule has 1 nitrogen and oxygen atoms in total. The molecule has 0 saturated carbocycles. The summed E-state index contributed by atoms with van der Waals surface area (Å²) in [5.41, 5.74) is 0.875. The highest BCUT2D eigenvalue weighted by atomic mass is 35.5. The largest absolute Gasteiger partial charge is 0.313 e. The predicted molar refractivity (Wildman–Crippen MR) is 72.6 cm³/mol. The van der Waals surface area contributed by atoms with Crippen molar-refractivity contribution in [3.05, 3.63) is 32.8 Å². The summed E-state index contributed by atoms with van der Waals surface area (Å²) < 4.78 is 0. The average molecular weight is 281 g/mol. The SMILES string of the molecule is CC(C)CCNCc1c(Cl)ccc(Cl)c1Cl. The first-order valence-electron chi connectivity index (χ1n) is 5.35. The van der Waals surface area contributed by atoms with Gasteiger partial charge in [0.25, 0.3) is 0 Å². The first-order valence-corrected chi connectivity index (χ1v) is 6.49. The Balaban J connectivity index is 2.56. The Morgan fingerprint density at radius 1 is 1.12 bits per heavy atom. The minimum atomic E-state index is 0.547. The van der Waals surface area contributed by atoms with Crippen LogP contribution in [0, 0.1) is 5.92 Å². The lowest BCUT2D eigenvalue weighted by atomic mass is 10.1. The quantitative estimate of drug-likeness (QED) is 0.604. The summed E-state index contributed by atoms with van der Waals surface area (Å²) in [6, 6.07) is 3.49. The molecule has 0 aliphatic carbocycles. The van der Waals surface area contributed by atoms with E-state index in [9.17, 15) is 0 Å². The van der Waals surface area contributed by atoms with Crippen LogP contribution in [-0.2, 0) is 6.54 Å². The summed E-state index contributed by atoms with van der Waals surface area (Å²) in [5, 5.41) is 5.07. The lowest BCUT2D eigenvalue weighted by Gasteiger charge is -2.10. The molecule has 0 heterocycles. The Morgan fingerprint density at radius 3 is 2.38 bits per heavy atom. The first-order chi connectivity index (χ1) is 7.52. The minimum absolute atomic E-state index is 0.547. The first kappa shape index (κ1) is 14.1. The molecule has 0 atom stereocenters. The molecular formula is C12H16Cl3N. The lowest BCUT2D eigenvalue weighted by Crippen LogP contribution is -2.16. The Kier molecular flexibility index (Phi) is 5.91. The van der Waals surface area contributed by atoms with Gasteiger partial charge in [-0.2, -0.15) is 0 Å². The summed E-state index contributed by atoms with van der Waals surface area (Å²) in [5.74, 6) is 0.692. The maximum atomic E-state index is 6.08. The van der Waals surface area contributed by atoms with Gasteiger partial charge in [-0.3, -0.25) is 0 Å². The van der Waals surface area contributed by atoms with Gasteiger partial charge in [0.05, 0.1) is 10.0 Å². The van der Waals surface area contributed by atoms with E-state index in [-0.39, 0.29) is 0 Å². The minimum Gasteiger partial charge on any atom is -0.313 e. The number of hydrogen-bond acceptors (Lipinski definition) is 1. The van der Waals surface area contributed by atoms with Crippen molar-refractivity contribution in [3.63, 3.8) is 0 Å². The molecule has 0 amide bonds. The van der Waals surface area contributed by atoms with Crippen molar-refractivity contribution < 1.29 is 0 Å². The second-order valence-corrected chi connectivity index (χ2v) is 5.37. The van der Waals surface area contributed by atoms with E-state index in [1.165, 1.54) is 0 Å². The Hall–Kier alpha value is 0.0500. The second kappa shape index (κ2) is 6.70. The Labute approximate surface area is 112 Å². The van der Waals surface area contributed by atoms with Crippen LogP contribution < -0.4 is 5.32 Å². The van der Waals surface area contributed by atoms with Crippen LogP contribution in [0.4, 0.5) is 0 Å². The molecule has 0 unspecified atom stereocenters. The van der Waals surface area contributed by atoms with Crippen LogP contribution in [0.1, 0.15) is 25.8 Å².